The molecule has 0 saturated carbocycles. The zero-order chi connectivity index (χ0) is 15.4. The zero-order valence-electron chi connectivity index (χ0n) is 13.7. The van der Waals surface area contributed by atoms with E-state index in [1.165, 1.54) is 11.3 Å². The Labute approximate surface area is 126 Å². The molecule has 2 aromatic heterocycles. The van der Waals surface area contributed by atoms with E-state index in [0.717, 1.165) is 49.0 Å². The van der Waals surface area contributed by atoms with Gasteiger partial charge in [0.15, 0.2) is 5.82 Å². The van der Waals surface area contributed by atoms with Gasteiger partial charge in [0.2, 0.25) is 0 Å². The van der Waals surface area contributed by atoms with Crippen molar-refractivity contribution in [1.82, 2.24) is 25.1 Å². The summed E-state index contributed by atoms with van der Waals surface area (Å²) in [6.07, 6.45) is 1.87. The summed E-state index contributed by atoms with van der Waals surface area (Å²) in [6, 6.07) is 2.00. The molecule has 0 amide bonds. The minimum absolute atomic E-state index is 0.786. The Hall–Kier alpha value is -1.75. The van der Waals surface area contributed by atoms with Crippen molar-refractivity contribution in [1.29, 1.82) is 0 Å². The molecule has 5 nitrogen and oxygen atoms in total. The van der Waals surface area contributed by atoms with Crippen molar-refractivity contribution >= 4 is 0 Å². The fourth-order valence-corrected chi connectivity index (χ4v) is 2.63. The maximum absolute atomic E-state index is 4.79. The molecule has 1 N–H and O–H groups in total. The SMILES string of the molecule is CCNCc1c(CC)nn(-c2cc(C)nc(C)n2)c1CC. The van der Waals surface area contributed by atoms with Crippen LogP contribution in [0, 0.1) is 13.8 Å². The Balaban J connectivity index is 2.54. The molecule has 2 heterocycles. The van der Waals surface area contributed by atoms with Gasteiger partial charge < -0.3 is 5.32 Å². The second-order valence-corrected chi connectivity index (χ2v) is 5.19. The Morgan fingerprint density at radius 1 is 1.10 bits per heavy atom. The fraction of sp³-hybridized carbons (Fsp3) is 0.562. The van der Waals surface area contributed by atoms with Crippen molar-refractivity contribution in [2.45, 2.75) is 54.0 Å². The van der Waals surface area contributed by atoms with Crippen molar-refractivity contribution in [3.8, 4) is 5.82 Å². The average molecular weight is 287 g/mol. The number of hydrogen-bond donors (Lipinski definition) is 1. The molecule has 0 radical (unpaired) electrons. The average Bonchev–Trinajstić information content (AvgIpc) is 2.81. The first-order valence-corrected chi connectivity index (χ1v) is 7.73. The van der Waals surface area contributed by atoms with Gasteiger partial charge in [-0.3, -0.25) is 0 Å². The summed E-state index contributed by atoms with van der Waals surface area (Å²) in [5, 5.41) is 8.21. The Kier molecular flexibility index (Phi) is 5.07. The predicted octanol–water partition coefficient (Wildman–Crippen LogP) is 2.51. The first-order valence-electron chi connectivity index (χ1n) is 7.73. The second kappa shape index (κ2) is 6.80. The molecule has 0 spiro atoms. The molecular formula is C16H25N5. The van der Waals surface area contributed by atoms with Crippen LogP contribution in [0.1, 0.15) is 49.2 Å². The molecule has 2 rings (SSSR count). The van der Waals surface area contributed by atoms with Gasteiger partial charge in [-0.05, 0) is 33.2 Å². The van der Waals surface area contributed by atoms with Crippen molar-refractivity contribution in [2.24, 2.45) is 0 Å². The van der Waals surface area contributed by atoms with Crippen LogP contribution in [0.3, 0.4) is 0 Å². The number of rotatable bonds is 6. The molecule has 5 heteroatoms. The molecule has 2 aromatic rings. The molecule has 0 fully saturated rings. The van der Waals surface area contributed by atoms with E-state index in [4.69, 9.17) is 5.10 Å². The standard InChI is InChI=1S/C16H25N5/c1-6-14-13(10-17-8-3)15(7-2)21(20-14)16-9-11(4)18-12(5)19-16/h9,17H,6-8,10H2,1-5H3. The van der Waals surface area contributed by atoms with Crippen molar-refractivity contribution in [2.75, 3.05) is 6.54 Å². The van der Waals surface area contributed by atoms with Crippen molar-refractivity contribution in [3.05, 3.63) is 34.5 Å². The maximum atomic E-state index is 4.79. The first-order chi connectivity index (χ1) is 10.1. The molecular weight excluding hydrogens is 262 g/mol. The van der Waals surface area contributed by atoms with Crippen LogP contribution in [0.25, 0.3) is 5.82 Å². The lowest BCUT2D eigenvalue weighted by molar-refractivity contribution is 0.711. The van der Waals surface area contributed by atoms with Crippen LogP contribution in [-0.2, 0) is 19.4 Å². The second-order valence-electron chi connectivity index (χ2n) is 5.19. The van der Waals surface area contributed by atoms with E-state index >= 15 is 0 Å². The van der Waals surface area contributed by atoms with Gasteiger partial charge in [-0.1, -0.05) is 20.8 Å². The largest absolute Gasteiger partial charge is 0.313 e. The molecule has 0 saturated heterocycles. The van der Waals surface area contributed by atoms with Crippen LogP contribution in [0.4, 0.5) is 0 Å². The lowest BCUT2D eigenvalue weighted by Gasteiger charge is -2.09. The summed E-state index contributed by atoms with van der Waals surface area (Å²) in [4.78, 5) is 8.90. The number of nitrogens with zero attached hydrogens (tertiary/aromatic N) is 4. The molecule has 0 atom stereocenters. The molecule has 0 unspecified atom stereocenters. The van der Waals surface area contributed by atoms with Gasteiger partial charge >= 0.3 is 0 Å². The summed E-state index contributed by atoms with van der Waals surface area (Å²) in [5.41, 5.74) is 4.68. The van der Waals surface area contributed by atoms with Gasteiger partial charge in [-0.15, -0.1) is 0 Å². The van der Waals surface area contributed by atoms with E-state index in [1.54, 1.807) is 0 Å². The van der Waals surface area contributed by atoms with Gasteiger partial charge in [0.05, 0.1) is 11.4 Å². The van der Waals surface area contributed by atoms with Gasteiger partial charge in [0, 0.05) is 23.9 Å². The van der Waals surface area contributed by atoms with Crippen molar-refractivity contribution in [3.63, 3.8) is 0 Å². The minimum Gasteiger partial charge on any atom is -0.313 e. The Morgan fingerprint density at radius 2 is 1.86 bits per heavy atom. The monoisotopic (exact) mass is 287 g/mol. The summed E-state index contributed by atoms with van der Waals surface area (Å²) in [5.74, 6) is 1.66. The molecule has 114 valence electrons. The van der Waals surface area contributed by atoms with Crippen LogP contribution < -0.4 is 5.32 Å². The van der Waals surface area contributed by atoms with E-state index in [0.29, 0.717) is 0 Å². The summed E-state index contributed by atoms with van der Waals surface area (Å²) < 4.78 is 1.99. The van der Waals surface area contributed by atoms with Gasteiger partial charge in [0.1, 0.15) is 5.82 Å². The highest BCUT2D eigenvalue weighted by Gasteiger charge is 2.17. The Morgan fingerprint density at radius 3 is 2.43 bits per heavy atom. The quantitative estimate of drug-likeness (QED) is 0.887. The van der Waals surface area contributed by atoms with Crippen LogP contribution in [-0.4, -0.2) is 26.3 Å². The van der Waals surface area contributed by atoms with E-state index in [2.05, 4.69) is 36.1 Å². The Bertz CT molecular complexity index is 595. The lowest BCUT2D eigenvalue weighted by Crippen LogP contribution is -2.14. The third kappa shape index (κ3) is 3.29. The summed E-state index contributed by atoms with van der Waals surface area (Å²) in [7, 11) is 0. The van der Waals surface area contributed by atoms with Crippen LogP contribution in [0.15, 0.2) is 6.07 Å². The van der Waals surface area contributed by atoms with Crippen molar-refractivity contribution < 1.29 is 0 Å². The molecule has 0 aliphatic carbocycles. The molecule has 0 aliphatic rings. The van der Waals surface area contributed by atoms with E-state index < -0.39 is 0 Å². The van der Waals surface area contributed by atoms with Crippen LogP contribution in [0.2, 0.25) is 0 Å². The highest BCUT2D eigenvalue weighted by atomic mass is 15.3. The lowest BCUT2D eigenvalue weighted by atomic mass is 10.1. The van der Waals surface area contributed by atoms with E-state index in [-0.39, 0.29) is 0 Å². The zero-order valence-corrected chi connectivity index (χ0v) is 13.7. The third-order valence-electron chi connectivity index (χ3n) is 3.56. The first kappa shape index (κ1) is 15.6. The third-order valence-corrected chi connectivity index (χ3v) is 3.56. The minimum atomic E-state index is 0.786. The van der Waals surface area contributed by atoms with Gasteiger partial charge in [-0.2, -0.15) is 5.10 Å². The molecule has 21 heavy (non-hydrogen) atoms. The molecule has 0 aromatic carbocycles. The summed E-state index contributed by atoms with van der Waals surface area (Å²) >= 11 is 0. The number of hydrogen-bond acceptors (Lipinski definition) is 4. The molecule has 0 aliphatic heterocycles. The maximum Gasteiger partial charge on any atom is 0.157 e. The smallest absolute Gasteiger partial charge is 0.157 e. The summed E-state index contributed by atoms with van der Waals surface area (Å²) in [6.45, 7) is 12.2. The molecule has 0 bridgehead atoms. The van der Waals surface area contributed by atoms with E-state index in [1.807, 2.05) is 24.6 Å². The predicted molar refractivity (Wildman–Crippen MR) is 84.8 cm³/mol. The van der Waals surface area contributed by atoms with E-state index in [9.17, 15) is 0 Å². The van der Waals surface area contributed by atoms with Crippen LogP contribution >= 0.6 is 0 Å². The fourth-order valence-electron chi connectivity index (χ4n) is 2.63. The highest BCUT2D eigenvalue weighted by molar-refractivity contribution is 5.34. The van der Waals surface area contributed by atoms with Gasteiger partial charge in [0.25, 0.3) is 0 Å². The van der Waals surface area contributed by atoms with Gasteiger partial charge in [-0.25, -0.2) is 14.6 Å². The number of nitrogens with one attached hydrogen (secondary N) is 1. The number of aromatic nitrogens is 4. The van der Waals surface area contributed by atoms with Crippen LogP contribution in [0.5, 0.6) is 0 Å². The number of aryl methyl sites for hydroxylation is 3. The topological polar surface area (TPSA) is 55.6 Å². The highest BCUT2D eigenvalue weighted by Crippen LogP contribution is 2.20. The normalized spacial score (nSPS) is 11.1.